The Morgan fingerprint density at radius 1 is 1.03 bits per heavy atom. The number of thioether (sulfide) groups is 1. The van der Waals surface area contributed by atoms with E-state index in [4.69, 9.17) is 0 Å². The molecule has 0 spiro atoms. The highest BCUT2D eigenvalue weighted by Crippen LogP contribution is 2.37. The van der Waals surface area contributed by atoms with Gasteiger partial charge in [-0.1, -0.05) is 11.8 Å². The average molecular weight is 444 g/mol. The van der Waals surface area contributed by atoms with E-state index in [-0.39, 0.29) is 17.0 Å². The molecule has 0 radical (unpaired) electrons. The summed E-state index contributed by atoms with van der Waals surface area (Å²) in [5, 5.41) is 1.84. The first kappa shape index (κ1) is 19.6. The molecule has 1 aliphatic rings. The number of piperidine rings is 1. The smallest absolute Gasteiger partial charge is 0.189 e. The van der Waals surface area contributed by atoms with Crippen molar-refractivity contribution in [3.63, 3.8) is 0 Å². The molecule has 1 fully saturated rings. The molecule has 0 N–H and O–H groups in total. The van der Waals surface area contributed by atoms with Crippen molar-refractivity contribution in [1.82, 2.24) is 19.9 Å². The van der Waals surface area contributed by atoms with Crippen LogP contribution < -0.4 is 4.90 Å². The van der Waals surface area contributed by atoms with E-state index in [0.717, 1.165) is 36.8 Å². The third kappa shape index (κ3) is 3.20. The van der Waals surface area contributed by atoms with E-state index in [0.29, 0.717) is 26.3 Å². The number of aromatic nitrogens is 4. The molecule has 0 saturated carbocycles. The van der Waals surface area contributed by atoms with E-state index in [2.05, 4.69) is 24.8 Å². The summed E-state index contributed by atoms with van der Waals surface area (Å²) >= 11 is 2.64. The predicted molar refractivity (Wildman–Crippen MR) is 118 cm³/mol. The Morgan fingerprint density at radius 3 is 2.60 bits per heavy atom. The second kappa shape index (κ2) is 7.70. The largest absolute Gasteiger partial charge is 0.356 e. The Kier molecular flexibility index (Phi) is 5.02. The fraction of sp³-hybridized carbons (Fsp3) is 0.333. The average Bonchev–Trinajstić information content (AvgIpc) is 3.17. The number of anilines is 1. The van der Waals surface area contributed by atoms with Crippen molar-refractivity contribution in [2.45, 2.75) is 31.3 Å². The van der Waals surface area contributed by atoms with Crippen LogP contribution in [0.2, 0.25) is 0 Å². The molecule has 0 amide bonds. The van der Waals surface area contributed by atoms with Crippen LogP contribution in [0.5, 0.6) is 0 Å². The molecular weight excluding hydrogens is 424 g/mol. The number of halogens is 2. The number of benzene rings is 1. The van der Waals surface area contributed by atoms with Crippen molar-refractivity contribution in [2.24, 2.45) is 0 Å². The van der Waals surface area contributed by atoms with Crippen molar-refractivity contribution in [3.8, 4) is 11.3 Å². The number of pyridine rings is 1. The maximum absolute atomic E-state index is 15.8. The van der Waals surface area contributed by atoms with E-state index in [1.165, 1.54) is 41.7 Å². The molecular formula is C21H19F2N5S2. The molecule has 0 atom stereocenters. The van der Waals surface area contributed by atoms with E-state index >= 15 is 4.39 Å². The first-order chi connectivity index (χ1) is 14.6. The molecule has 1 saturated heterocycles. The molecule has 0 aliphatic carbocycles. The Morgan fingerprint density at radius 2 is 1.83 bits per heavy atom. The molecule has 4 heterocycles. The zero-order valence-corrected chi connectivity index (χ0v) is 18.2. The summed E-state index contributed by atoms with van der Waals surface area (Å²) < 4.78 is 30.4. The van der Waals surface area contributed by atoms with Crippen LogP contribution in [0.1, 0.15) is 24.3 Å². The SMILES string of the molecule is CSc1nc(N2CCCCC2)c2cnc(-c3ccc(F)c4sc(C)nc34)c(F)c2n1. The normalized spacial score (nSPS) is 14.7. The summed E-state index contributed by atoms with van der Waals surface area (Å²) in [5.74, 6) is -0.155. The summed E-state index contributed by atoms with van der Waals surface area (Å²) in [6.07, 6.45) is 6.88. The first-order valence-corrected chi connectivity index (χ1v) is 11.8. The van der Waals surface area contributed by atoms with Gasteiger partial charge in [-0.2, -0.15) is 0 Å². The topological polar surface area (TPSA) is 54.8 Å². The van der Waals surface area contributed by atoms with Gasteiger partial charge in [-0.05, 0) is 44.6 Å². The van der Waals surface area contributed by atoms with Crippen LogP contribution in [-0.2, 0) is 0 Å². The zero-order valence-electron chi connectivity index (χ0n) is 16.6. The minimum Gasteiger partial charge on any atom is -0.356 e. The fourth-order valence-corrected chi connectivity index (χ4v) is 5.13. The van der Waals surface area contributed by atoms with Gasteiger partial charge in [0, 0.05) is 24.8 Å². The molecule has 9 heteroatoms. The zero-order chi connectivity index (χ0) is 20.8. The number of hydrogen-bond donors (Lipinski definition) is 0. The lowest BCUT2D eigenvalue weighted by atomic mass is 10.1. The summed E-state index contributed by atoms with van der Waals surface area (Å²) in [6, 6.07) is 2.88. The number of aryl methyl sites for hydroxylation is 1. The second-order valence-corrected chi connectivity index (χ2v) is 9.25. The summed E-state index contributed by atoms with van der Waals surface area (Å²) in [4.78, 5) is 20.2. The lowest BCUT2D eigenvalue weighted by molar-refractivity contribution is 0.572. The molecule has 4 aromatic rings. The molecule has 30 heavy (non-hydrogen) atoms. The van der Waals surface area contributed by atoms with Gasteiger partial charge in [0.15, 0.2) is 11.0 Å². The molecule has 1 aromatic carbocycles. The second-order valence-electron chi connectivity index (χ2n) is 7.27. The van der Waals surface area contributed by atoms with E-state index in [9.17, 15) is 4.39 Å². The molecule has 0 unspecified atom stereocenters. The highest BCUT2D eigenvalue weighted by Gasteiger charge is 2.23. The van der Waals surface area contributed by atoms with Crippen LogP contribution in [0.4, 0.5) is 14.6 Å². The van der Waals surface area contributed by atoms with Crippen LogP contribution in [0.3, 0.4) is 0 Å². The van der Waals surface area contributed by atoms with Crippen LogP contribution in [0.25, 0.3) is 32.4 Å². The van der Waals surface area contributed by atoms with Crippen molar-refractivity contribution in [1.29, 1.82) is 0 Å². The van der Waals surface area contributed by atoms with Gasteiger partial charge in [-0.3, -0.25) is 4.98 Å². The van der Waals surface area contributed by atoms with Crippen LogP contribution in [-0.4, -0.2) is 39.3 Å². The van der Waals surface area contributed by atoms with Gasteiger partial charge in [0.1, 0.15) is 22.8 Å². The molecule has 154 valence electrons. The molecule has 0 bridgehead atoms. The van der Waals surface area contributed by atoms with Gasteiger partial charge in [0.05, 0.1) is 20.6 Å². The van der Waals surface area contributed by atoms with E-state index in [1.54, 1.807) is 13.1 Å². The van der Waals surface area contributed by atoms with Gasteiger partial charge in [0.25, 0.3) is 0 Å². The number of rotatable bonds is 3. The number of fused-ring (bicyclic) bond motifs is 2. The monoisotopic (exact) mass is 443 g/mol. The summed E-state index contributed by atoms with van der Waals surface area (Å²) in [7, 11) is 0. The molecule has 1 aliphatic heterocycles. The Labute approximate surface area is 180 Å². The number of thiazole rings is 1. The Bertz CT molecular complexity index is 1270. The first-order valence-electron chi connectivity index (χ1n) is 9.78. The maximum atomic E-state index is 15.8. The lowest BCUT2D eigenvalue weighted by Crippen LogP contribution is -2.30. The summed E-state index contributed by atoms with van der Waals surface area (Å²) in [6.45, 7) is 3.58. The van der Waals surface area contributed by atoms with Crippen LogP contribution in [0.15, 0.2) is 23.5 Å². The van der Waals surface area contributed by atoms with Crippen molar-refractivity contribution in [3.05, 3.63) is 35.0 Å². The fourth-order valence-electron chi connectivity index (χ4n) is 3.92. The van der Waals surface area contributed by atoms with E-state index < -0.39 is 5.82 Å². The third-order valence-corrected chi connectivity index (χ3v) is 6.87. The van der Waals surface area contributed by atoms with Crippen LogP contribution >= 0.6 is 23.1 Å². The van der Waals surface area contributed by atoms with Crippen molar-refractivity contribution < 1.29 is 8.78 Å². The third-order valence-electron chi connectivity index (χ3n) is 5.34. The van der Waals surface area contributed by atoms with Crippen molar-refractivity contribution >= 4 is 50.0 Å². The molecule has 5 rings (SSSR count). The Balaban J connectivity index is 1.74. The highest BCUT2D eigenvalue weighted by atomic mass is 32.2. The minimum atomic E-state index is -0.526. The van der Waals surface area contributed by atoms with Crippen molar-refractivity contribution in [2.75, 3.05) is 24.2 Å². The highest BCUT2D eigenvalue weighted by molar-refractivity contribution is 7.98. The molecule has 5 nitrogen and oxygen atoms in total. The minimum absolute atomic E-state index is 0.133. The standard InChI is InChI=1S/C21H19F2N5S2/c1-11-25-18-12(6-7-14(22)19(18)30-11)16-15(23)17-13(10-24-16)20(27-21(26-17)29-2)28-8-4-3-5-9-28/h6-7,10H,3-5,8-9H2,1-2H3. The van der Waals surface area contributed by atoms with Crippen LogP contribution in [0, 0.1) is 18.6 Å². The Hall–Kier alpha value is -2.39. The quantitative estimate of drug-likeness (QED) is 0.303. The van der Waals surface area contributed by atoms with Gasteiger partial charge in [0.2, 0.25) is 0 Å². The van der Waals surface area contributed by atoms with Gasteiger partial charge in [-0.15, -0.1) is 11.3 Å². The predicted octanol–water partition coefficient (Wildman–Crippen LogP) is 5.60. The maximum Gasteiger partial charge on any atom is 0.189 e. The molecule has 3 aromatic heterocycles. The number of nitrogens with zero attached hydrogens (tertiary/aromatic N) is 5. The van der Waals surface area contributed by atoms with Gasteiger partial charge in [-0.25, -0.2) is 23.7 Å². The lowest BCUT2D eigenvalue weighted by Gasteiger charge is -2.28. The van der Waals surface area contributed by atoms with Gasteiger partial charge < -0.3 is 4.90 Å². The van der Waals surface area contributed by atoms with E-state index in [1.807, 2.05) is 6.26 Å². The van der Waals surface area contributed by atoms with Gasteiger partial charge >= 0.3 is 0 Å². The number of hydrogen-bond acceptors (Lipinski definition) is 7. The summed E-state index contributed by atoms with van der Waals surface area (Å²) in [5.41, 5.74) is 1.27.